The molecule has 1 saturated carbocycles. The van der Waals surface area contributed by atoms with Gasteiger partial charge in [0.2, 0.25) is 16.0 Å². The minimum absolute atomic E-state index is 0.239. The van der Waals surface area contributed by atoms with Gasteiger partial charge in [-0.3, -0.25) is 4.72 Å². The van der Waals surface area contributed by atoms with Crippen molar-refractivity contribution in [3.63, 3.8) is 0 Å². The number of hydrogen-bond donors (Lipinski definition) is 3. The molecular formula is C20H23F2N5O2S2. The minimum atomic E-state index is -3.57. The lowest BCUT2D eigenvalue weighted by molar-refractivity contribution is -0.0794. The smallest absolute Gasteiger partial charge is 0.252 e. The van der Waals surface area contributed by atoms with Crippen molar-refractivity contribution in [3.8, 4) is 0 Å². The quantitative estimate of drug-likeness (QED) is 0.462. The van der Waals surface area contributed by atoms with Crippen molar-refractivity contribution < 1.29 is 17.2 Å². The number of hydrogen-bond acceptors (Lipinski definition) is 7. The third-order valence-corrected chi connectivity index (χ3v) is 7.86. The van der Waals surface area contributed by atoms with Crippen LogP contribution in [0.1, 0.15) is 33.6 Å². The highest BCUT2D eigenvalue weighted by Crippen LogP contribution is 2.39. The molecule has 0 spiro atoms. The average Bonchev–Trinajstić information content (AvgIpc) is 3.08. The number of benzene rings is 1. The zero-order chi connectivity index (χ0) is 22.4. The largest absolute Gasteiger partial charge is 0.351 e. The molecule has 1 fully saturated rings. The number of alkyl halides is 2. The van der Waals surface area contributed by atoms with Gasteiger partial charge in [0.15, 0.2) is 0 Å². The van der Waals surface area contributed by atoms with Crippen LogP contribution in [-0.4, -0.2) is 35.1 Å². The van der Waals surface area contributed by atoms with Crippen molar-refractivity contribution in [2.24, 2.45) is 0 Å². The summed E-state index contributed by atoms with van der Waals surface area (Å²) in [6, 6.07) is 8.35. The molecule has 11 heteroatoms. The van der Waals surface area contributed by atoms with Gasteiger partial charge in [-0.15, -0.1) is 11.3 Å². The van der Waals surface area contributed by atoms with E-state index in [1.165, 1.54) is 11.3 Å². The van der Waals surface area contributed by atoms with Crippen LogP contribution >= 0.6 is 11.3 Å². The van der Waals surface area contributed by atoms with E-state index in [-0.39, 0.29) is 24.8 Å². The Bertz CT molecular complexity index is 1210. The number of fused-ring (bicyclic) bond motifs is 1. The molecular weight excluding hydrogens is 444 g/mol. The van der Waals surface area contributed by atoms with Gasteiger partial charge < -0.3 is 10.6 Å². The minimum Gasteiger partial charge on any atom is -0.351 e. The maximum absolute atomic E-state index is 13.2. The third-order valence-electron chi connectivity index (χ3n) is 4.93. The number of anilines is 4. The Morgan fingerprint density at radius 3 is 2.52 bits per heavy atom. The van der Waals surface area contributed by atoms with Crippen molar-refractivity contribution >= 4 is 54.7 Å². The molecule has 1 aromatic carbocycles. The number of rotatable bonds is 6. The summed E-state index contributed by atoms with van der Waals surface area (Å²) in [6.45, 7) is 4.87. The van der Waals surface area contributed by atoms with Gasteiger partial charge in [0.05, 0.1) is 15.8 Å². The number of halogens is 2. The highest BCUT2D eigenvalue weighted by Gasteiger charge is 2.45. The summed E-state index contributed by atoms with van der Waals surface area (Å²) in [5, 5.41) is 8.83. The Kier molecular flexibility index (Phi) is 5.29. The average molecular weight is 468 g/mol. The molecule has 0 saturated heterocycles. The molecule has 1 aliphatic carbocycles. The lowest BCUT2D eigenvalue weighted by Crippen LogP contribution is -2.44. The molecule has 0 radical (unpaired) electrons. The zero-order valence-corrected chi connectivity index (χ0v) is 18.9. The van der Waals surface area contributed by atoms with Crippen LogP contribution < -0.4 is 15.4 Å². The lowest BCUT2D eigenvalue weighted by Gasteiger charge is -2.35. The van der Waals surface area contributed by atoms with E-state index in [9.17, 15) is 17.2 Å². The number of nitrogens with one attached hydrogen (secondary N) is 3. The van der Waals surface area contributed by atoms with Crippen LogP contribution in [0, 0.1) is 0 Å². The maximum atomic E-state index is 13.2. The third kappa shape index (κ3) is 4.72. The van der Waals surface area contributed by atoms with E-state index in [0.29, 0.717) is 17.2 Å². The molecule has 3 aromatic rings. The van der Waals surface area contributed by atoms with Crippen LogP contribution in [0.2, 0.25) is 0 Å². The highest BCUT2D eigenvalue weighted by molar-refractivity contribution is 7.94. The van der Waals surface area contributed by atoms with Gasteiger partial charge in [-0.25, -0.2) is 22.2 Å². The molecule has 0 aliphatic heterocycles. The summed E-state index contributed by atoms with van der Waals surface area (Å²) in [6.07, 6.45) is -0.477. The fourth-order valence-corrected chi connectivity index (χ4v) is 4.57. The van der Waals surface area contributed by atoms with Crippen LogP contribution in [0.25, 0.3) is 10.2 Å². The van der Waals surface area contributed by atoms with Gasteiger partial charge in [-0.2, -0.15) is 4.98 Å². The van der Waals surface area contributed by atoms with Crippen LogP contribution in [0.15, 0.2) is 35.7 Å². The first-order valence-corrected chi connectivity index (χ1v) is 12.1. The number of sulfonamides is 1. The summed E-state index contributed by atoms with van der Waals surface area (Å²) in [5.41, 5.74) is 1.05. The molecule has 0 bridgehead atoms. The number of aromatic nitrogens is 2. The van der Waals surface area contributed by atoms with E-state index < -0.39 is 20.7 Å². The summed E-state index contributed by atoms with van der Waals surface area (Å²) in [7, 11) is -3.57. The second kappa shape index (κ2) is 7.56. The molecule has 166 valence electrons. The van der Waals surface area contributed by atoms with E-state index in [4.69, 9.17) is 0 Å². The van der Waals surface area contributed by atoms with E-state index >= 15 is 0 Å². The Morgan fingerprint density at radius 2 is 1.84 bits per heavy atom. The fourth-order valence-electron chi connectivity index (χ4n) is 3.07. The second-order valence-electron chi connectivity index (χ2n) is 8.56. The molecule has 3 N–H and O–H groups in total. The Morgan fingerprint density at radius 1 is 1.13 bits per heavy atom. The standard InChI is InChI=1S/C20H23F2N5O2S2/c1-19(2,3)31(28,29)27-13-6-4-5-12(9-13)23-16-15-7-8-30-17(15)26-18(25-16)24-14-10-20(21,22)11-14/h4-9,14,27H,10-11H2,1-3H3,(H2,23,24,25,26). The van der Waals surface area contributed by atoms with E-state index in [2.05, 4.69) is 25.3 Å². The van der Waals surface area contributed by atoms with Crippen molar-refractivity contribution in [2.75, 3.05) is 15.4 Å². The van der Waals surface area contributed by atoms with Gasteiger partial charge in [0.25, 0.3) is 5.92 Å². The Labute approximate surface area is 183 Å². The molecule has 0 amide bonds. The summed E-state index contributed by atoms with van der Waals surface area (Å²) >= 11 is 1.42. The van der Waals surface area contributed by atoms with Crippen molar-refractivity contribution in [1.82, 2.24) is 9.97 Å². The summed E-state index contributed by atoms with van der Waals surface area (Å²) in [4.78, 5) is 9.61. The first kappa shape index (κ1) is 21.7. The molecule has 2 heterocycles. The first-order valence-electron chi connectivity index (χ1n) is 9.71. The van der Waals surface area contributed by atoms with Crippen LogP contribution in [0.5, 0.6) is 0 Å². The topological polar surface area (TPSA) is 96.0 Å². The molecule has 0 atom stereocenters. The van der Waals surface area contributed by atoms with Gasteiger partial charge in [-0.05, 0) is 50.4 Å². The van der Waals surface area contributed by atoms with E-state index in [1.54, 1.807) is 45.0 Å². The Balaban J connectivity index is 1.58. The fraction of sp³-hybridized carbons (Fsp3) is 0.400. The van der Waals surface area contributed by atoms with Crippen molar-refractivity contribution in [2.45, 2.75) is 50.3 Å². The molecule has 7 nitrogen and oxygen atoms in total. The number of nitrogens with zero attached hydrogens (tertiary/aromatic N) is 2. The summed E-state index contributed by atoms with van der Waals surface area (Å²) < 4.78 is 52.8. The maximum Gasteiger partial charge on any atom is 0.252 e. The monoisotopic (exact) mass is 467 g/mol. The zero-order valence-electron chi connectivity index (χ0n) is 17.2. The van der Waals surface area contributed by atoms with Gasteiger partial charge in [0.1, 0.15) is 10.6 Å². The second-order valence-corrected chi connectivity index (χ2v) is 11.9. The molecule has 2 aromatic heterocycles. The van der Waals surface area contributed by atoms with E-state index in [0.717, 1.165) is 10.2 Å². The Hall–Kier alpha value is -2.53. The predicted octanol–water partition coefficient (Wildman–Crippen LogP) is 5.18. The van der Waals surface area contributed by atoms with Gasteiger partial charge >= 0.3 is 0 Å². The molecule has 0 unspecified atom stereocenters. The molecule has 4 rings (SSSR count). The molecule has 1 aliphatic rings. The highest BCUT2D eigenvalue weighted by atomic mass is 32.2. The van der Waals surface area contributed by atoms with Crippen LogP contribution in [0.4, 0.5) is 31.9 Å². The van der Waals surface area contributed by atoms with Gasteiger partial charge in [-0.1, -0.05) is 6.07 Å². The predicted molar refractivity (Wildman–Crippen MR) is 121 cm³/mol. The van der Waals surface area contributed by atoms with Gasteiger partial charge in [0, 0.05) is 24.6 Å². The van der Waals surface area contributed by atoms with Crippen LogP contribution in [0.3, 0.4) is 0 Å². The first-order chi connectivity index (χ1) is 14.4. The normalized spacial score (nSPS) is 16.7. The van der Waals surface area contributed by atoms with Crippen molar-refractivity contribution in [3.05, 3.63) is 35.7 Å². The van der Waals surface area contributed by atoms with Crippen molar-refractivity contribution in [1.29, 1.82) is 0 Å². The molecule has 31 heavy (non-hydrogen) atoms. The lowest BCUT2D eigenvalue weighted by atomic mass is 9.88. The SMILES string of the molecule is CC(C)(C)S(=O)(=O)Nc1cccc(Nc2nc(NC3CC(F)(F)C3)nc3sccc23)c1. The number of thiophene rings is 1. The summed E-state index contributed by atoms with van der Waals surface area (Å²) in [5.74, 6) is -1.84. The van der Waals surface area contributed by atoms with Crippen LogP contribution in [-0.2, 0) is 10.0 Å². The van der Waals surface area contributed by atoms with E-state index in [1.807, 2.05) is 11.4 Å².